The fourth-order valence-corrected chi connectivity index (χ4v) is 2.80. The lowest BCUT2D eigenvalue weighted by Crippen LogP contribution is -2.44. The lowest BCUT2D eigenvalue weighted by molar-refractivity contribution is 0.0864. The Morgan fingerprint density at radius 3 is 2.79 bits per heavy atom. The van der Waals surface area contributed by atoms with Crippen molar-refractivity contribution in [2.24, 2.45) is 13.0 Å². The highest BCUT2D eigenvalue weighted by Gasteiger charge is 2.28. The maximum atomic E-state index is 12.3. The summed E-state index contributed by atoms with van der Waals surface area (Å²) in [6, 6.07) is 0.0286. The van der Waals surface area contributed by atoms with Gasteiger partial charge in [-0.05, 0) is 19.8 Å². The standard InChI is InChI=1S/C13H22N4O2/c1-8-11(14)12(17(2)16-8)13(19)15-10-6-4-3-5-9(10)7-18/h9-10,18H,3-7,14H2,1-2H3,(H,15,19). The molecule has 1 aromatic rings. The van der Waals surface area contributed by atoms with Crippen LogP contribution in [0.3, 0.4) is 0 Å². The van der Waals surface area contributed by atoms with Gasteiger partial charge in [-0.3, -0.25) is 9.48 Å². The molecule has 2 rings (SSSR count). The van der Waals surface area contributed by atoms with Gasteiger partial charge in [-0.1, -0.05) is 12.8 Å². The minimum Gasteiger partial charge on any atom is -0.396 e. The van der Waals surface area contributed by atoms with E-state index in [1.807, 2.05) is 0 Å². The van der Waals surface area contributed by atoms with Gasteiger partial charge in [0.1, 0.15) is 5.69 Å². The van der Waals surface area contributed by atoms with Crippen molar-refractivity contribution in [1.82, 2.24) is 15.1 Å². The van der Waals surface area contributed by atoms with Crippen LogP contribution in [0.25, 0.3) is 0 Å². The molecule has 0 bridgehead atoms. The molecule has 19 heavy (non-hydrogen) atoms. The van der Waals surface area contributed by atoms with Crippen LogP contribution in [0.1, 0.15) is 41.9 Å². The fourth-order valence-electron chi connectivity index (χ4n) is 2.80. The zero-order chi connectivity index (χ0) is 14.0. The maximum Gasteiger partial charge on any atom is 0.271 e. The number of nitrogens with two attached hydrogens (primary N) is 1. The molecule has 2 unspecified atom stereocenters. The van der Waals surface area contributed by atoms with E-state index in [0.29, 0.717) is 17.1 Å². The van der Waals surface area contributed by atoms with Crippen LogP contribution in [-0.2, 0) is 7.05 Å². The Bertz CT molecular complexity index is 469. The number of aliphatic hydroxyl groups is 1. The summed E-state index contributed by atoms with van der Waals surface area (Å²) in [6.07, 6.45) is 4.07. The van der Waals surface area contributed by atoms with Crippen LogP contribution in [0.5, 0.6) is 0 Å². The number of carbonyl (C=O) groups is 1. The van der Waals surface area contributed by atoms with Crippen LogP contribution in [-0.4, -0.2) is 33.4 Å². The number of amides is 1. The minimum atomic E-state index is -0.203. The highest BCUT2D eigenvalue weighted by molar-refractivity contribution is 5.98. The van der Waals surface area contributed by atoms with Crippen molar-refractivity contribution in [1.29, 1.82) is 0 Å². The molecule has 0 radical (unpaired) electrons. The second kappa shape index (κ2) is 5.61. The van der Waals surface area contributed by atoms with E-state index in [-0.39, 0.29) is 24.5 Å². The number of nitrogens with zero attached hydrogens (tertiary/aromatic N) is 2. The van der Waals surface area contributed by atoms with E-state index in [0.717, 1.165) is 25.7 Å². The molecule has 6 heteroatoms. The predicted octanol–water partition coefficient (Wildman–Crippen LogP) is 0.592. The third kappa shape index (κ3) is 2.73. The highest BCUT2D eigenvalue weighted by Crippen LogP contribution is 2.25. The van der Waals surface area contributed by atoms with Gasteiger partial charge in [0.2, 0.25) is 0 Å². The summed E-state index contributed by atoms with van der Waals surface area (Å²) in [7, 11) is 1.71. The number of aryl methyl sites for hydroxylation is 2. The average molecular weight is 266 g/mol. The van der Waals surface area contributed by atoms with E-state index in [4.69, 9.17) is 5.73 Å². The van der Waals surface area contributed by atoms with Gasteiger partial charge < -0.3 is 16.2 Å². The molecule has 0 aromatic carbocycles. The van der Waals surface area contributed by atoms with Crippen molar-refractivity contribution in [3.05, 3.63) is 11.4 Å². The molecule has 0 aliphatic heterocycles. The second-order valence-corrected chi connectivity index (χ2v) is 5.28. The summed E-state index contributed by atoms with van der Waals surface area (Å²) in [5, 5.41) is 16.5. The molecule has 1 amide bonds. The van der Waals surface area contributed by atoms with Gasteiger partial charge >= 0.3 is 0 Å². The van der Waals surface area contributed by atoms with Crippen LogP contribution in [0.4, 0.5) is 5.69 Å². The first-order valence-corrected chi connectivity index (χ1v) is 6.75. The quantitative estimate of drug-likeness (QED) is 0.746. The number of nitrogens with one attached hydrogen (secondary N) is 1. The van der Waals surface area contributed by atoms with Crippen LogP contribution in [0.2, 0.25) is 0 Å². The van der Waals surface area contributed by atoms with E-state index in [1.165, 1.54) is 4.68 Å². The van der Waals surface area contributed by atoms with Crippen LogP contribution < -0.4 is 11.1 Å². The zero-order valence-electron chi connectivity index (χ0n) is 11.5. The minimum absolute atomic E-state index is 0.0286. The molecular formula is C13H22N4O2. The first-order chi connectivity index (χ1) is 9.04. The number of aliphatic hydroxyl groups excluding tert-OH is 1. The van der Waals surface area contributed by atoms with E-state index in [2.05, 4.69) is 10.4 Å². The normalized spacial score (nSPS) is 23.3. The van der Waals surface area contributed by atoms with Gasteiger partial charge in [0.25, 0.3) is 5.91 Å². The Morgan fingerprint density at radius 2 is 2.21 bits per heavy atom. The second-order valence-electron chi connectivity index (χ2n) is 5.28. The number of hydrogen-bond donors (Lipinski definition) is 3. The predicted molar refractivity (Wildman–Crippen MR) is 72.7 cm³/mol. The summed E-state index contributed by atoms with van der Waals surface area (Å²) >= 11 is 0. The van der Waals surface area contributed by atoms with Crippen molar-refractivity contribution in [2.45, 2.75) is 38.6 Å². The molecular weight excluding hydrogens is 244 g/mol. The van der Waals surface area contributed by atoms with Crippen molar-refractivity contribution in [3.63, 3.8) is 0 Å². The molecule has 2 atom stereocenters. The SMILES string of the molecule is Cc1nn(C)c(C(=O)NC2CCCCC2CO)c1N. The average Bonchev–Trinajstić information content (AvgIpc) is 2.64. The summed E-state index contributed by atoms with van der Waals surface area (Å²) in [5.41, 5.74) is 7.37. The molecule has 1 fully saturated rings. The van der Waals surface area contributed by atoms with Gasteiger partial charge in [0.15, 0.2) is 0 Å². The topological polar surface area (TPSA) is 93.2 Å². The molecule has 4 N–H and O–H groups in total. The maximum absolute atomic E-state index is 12.3. The molecule has 0 saturated heterocycles. The molecule has 1 heterocycles. The van der Waals surface area contributed by atoms with Crippen molar-refractivity contribution < 1.29 is 9.90 Å². The van der Waals surface area contributed by atoms with Gasteiger partial charge in [-0.25, -0.2) is 0 Å². The molecule has 1 aliphatic rings. The van der Waals surface area contributed by atoms with Crippen molar-refractivity contribution >= 4 is 11.6 Å². The largest absolute Gasteiger partial charge is 0.396 e. The van der Waals surface area contributed by atoms with Gasteiger partial charge in [0.05, 0.1) is 11.4 Å². The number of aromatic nitrogens is 2. The Morgan fingerprint density at radius 1 is 1.53 bits per heavy atom. The van der Waals surface area contributed by atoms with Gasteiger partial charge in [-0.15, -0.1) is 0 Å². The Kier molecular flexibility index (Phi) is 4.09. The summed E-state index contributed by atoms with van der Waals surface area (Å²) in [5.74, 6) is -0.0563. The molecule has 106 valence electrons. The fraction of sp³-hybridized carbons (Fsp3) is 0.692. The number of anilines is 1. The van der Waals surface area contributed by atoms with E-state index < -0.39 is 0 Å². The Hall–Kier alpha value is -1.56. The van der Waals surface area contributed by atoms with Crippen LogP contribution in [0.15, 0.2) is 0 Å². The monoisotopic (exact) mass is 266 g/mol. The number of rotatable bonds is 3. The smallest absolute Gasteiger partial charge is 0.271 e. The summed E-state index contributed by atoms with van der Waals surface area (Å²) in [6.45, 7) is 1.90. The van der Waals surface area contributed by atoms with Crippen LogP contribution >= 0.6 is 0 Å². The molecule has 6 nitrogen and oxygen atoms in total. The van der Waals surface area contributed by atoms with E-state index >= 15 is 0 Å². The van der Waals surface area contributed by atoms with E-state index in [9.17, 15) is 9.90 Å². The first kappa shape index (κ1) is 13.9. The number of carbonyl (C=O) groups excluding carboxylic acids is 1. The Labute approximate surface area is 113 Å². The van der Waals surface area contributed by atoms with Crippen molar-refractivity contribution in [3.8, 4) is 0 Å². The Balaban J connectivity index is 2.12. The lowest BCUT2D eigenvalue weighted by Gasteiger charge is -2.30. The van der Waals surface area contributed by atoms with Gasteiger partial charge in [-0.2, -0.15) is 5.10 Å². The zero-order valence-corrected chi connectivity index (χ0v) is 11.5. The van der Waals surface area contributed by atoms with Crippen molar-refractivity contribution in [2.75, 3.05) is 12.3 Å². The third-order valence-corrected chi connectivity index (χ3v) is 3.94. The number of nitrogen functional groups attached to an aromatic ring is 1. The van der Waals surface area contributed by atoms with Crippen LogP contribution in [0, 0.1) is 12.8 Å². The molecule has 1 saturated carbocycles. The molecule has 1 aliphatic carbocycles. The summed E-state index contributed by atoms with van der Waals surface area (Å²) < 4.78 is 1.51. The molecule has 0 spiro atoms. The highest BCUT2D eigenvalue weighted by atomic mass is 16.3. The van der Waals surface area contributed by atoms with Gasteiger partial charge in [0, 0.05) is 25.6 Å². The first-order valence-electron chi connectivity index (χ1n) is 6.75. The summed E-state index contributed by atoms with van der Waals surface area (Å²) in [4.78, 5) is 12.3. The van der Waals surface area contributed by atoms with E-state index in [1.54, 1.807) is 14.0 Å². The lowest BCUT2D eigenvalue weighted by atomic mass is 9.85. The third-order valence-electron chi connectivity index (χ3n) is 3.94. The number of hydrogen-bond acceptors (Lipinski definition) is 4. The molecule has 1 aromatic heterocycles.